The average Bonchev–Trinajstić information content (AvgIpc) is 3.39. The van der Waals surface area contributed by atoms with E-state index in [0.29, 0.717) is 12.4 Å². The van der Waals surface area contributed by atoms with Crippen LogP contribution in [0.1, 0.15) is 51.1 Å². The number of hydrogen-bond donors (Lipinski definition) is 2. The van der Waals surface area contributed by atoms with Crippen molar-refractivity contribution >= 4 is 22.6 Å². The molecule has 1 aromatic carbocycles. The number of hydrazone groups is 1. The first-order valence-electron chi connectivity index (χ1n) is 15.5. The van der Waals surface area contributed by atoms with Crippen molar-refractivity contribution in [3.05, 3.63) is 54.2 Å². The zero-order chi connectivity index (χ0) is 29.1. The molecule has 6 rings (SSSR count). The summed E-state index contributed by atoms with van der Waals surface area (Å²) in [5.41, 5.74) is 4.58. The quantitative estimate of drug-likeness (QED) is 0.413. The number of nitrogens with zero attached hydrogens (tertiary/aromatic N) is 7. The van der Waals surface area contributed by atoms with E-state index < -0.39 is 6.23 Å². The topological polar surface area (TPSA) is 94.3 Å². The Morgan fingerprint density at radius 3 is 2.50 bits per heavy atom. The maximum absolute atomic E-state index is 10.0. The van der Waals surface area contributed by atoms with Gasteiger partial charge in [0.15, 0.2) is 6.23 Å². The van der Waals surface area contributed by atoms with Gasteiger partial charge >= 0.3 is 0 Å². The molecule has 1 aliphatic carbocycles. The Morgan fingerprint density at radius 1 is 1.02 bits per heavy atom. The Bertz CT molecular complexity index is 1400. The van der Waals surface area contributed by atoms with Gasteiger partial charge in [-0.15, -0.1) is 5.10 Å². The molecule has 0 spiro atoms. The maximum Gasteiger partial charge on any atom is 0.230 e. The van der Waals surface area contributed by atoms with Gasteiger partial charge in [0.25, 0.3) is 0 Å². The van der Waals surface area contributed by atoms with Gasteiger partial charge in [-0.3, -0.25) is 14.6 Å². The minimum Gasteiger partial charge on any atom is -0.473 e. The van der Waals surface area contributed by atoms with Gasteiger partial charge in [-0.1, -0.05) is 24.3 Å². The molecule has 2 N–H and O–H groups in total. The molecule has 4 heterocycles. The number of aliphatic hydroxyl groups excluding tert-OH is 1. The van der Waals surface area contributed by atoms with Crippen LogP contribution in [0.25, 0.3) is 22.2 Å². The Kier molecular flexibility index (Phi) is 8.73. The Balaban J connectivity index is 1.19. The highest BCUT2D eigenvalue weighted by atomic mass is 16.5. The van der Waals surface area contributed by atoms with Crippen molar-refractivity contribution in [3.8, 4) is 11.3 Å². The van der Waals surface area contributed by atoms with Crippen LogP contribution in [-0.2, 0) is 11.3 Å². The first kappa shape index (κ1) is 28.6. The minimum atomic E-state index is -0.685. The van der Waals surface area contributed by atoms with Crippen LogP contribution < -0.4 is 5.32 Å². The van der Waals surface area contributed by atoms with E-state index in [1.807, 2.05) is 13.1 Å². The zero-order valence-electron chi connectivity index (χ0n) is 25.1. The van der Waals surface area contributed by atoms with Crippen LogP contribution in [0, 0.1) is 0 Å². The molecule has 0 radical (unpaired) electrons. The molecule has 1 saturated heterocycles. The molecule has 0 bridgehead atoms. The summed E-state index contributed by atoms with van der Waals surface area (Å²) in [6.07, 6.45) is 8.69. The van der Waals surface area contributed by atoms with E-state index in [1.165, 1.54) is 5.56 Å². The number of likely N-dealkylation sites (N-methyl/N-ethyl adjacent to an activating group) is 2. The number of ether oxygens (including phenoxy) is 1. The number of fused-ring (bicyclic) bond motifs is 1. The third-order valence-corrected chi connectivity index (χ3v) is 8.72. The lowest BCUT2D eigenvalue weighted by Gasteiger charge is -2.32. The number of piperazine rings is 1. The van der Waals surface area contributed by atoms with Gasteiger partial charge in [0.05, 0.1) is 11.6 Å². The summed E-state index contributed by atoms with van der Waals surface area (Å²) in [6, 6.07) is 11.4. The van der Waals surface area contributed by atoms with E-state index >= 15 is 0 Å². The molecule has 2 aromatic heterocycles. The van der Waals surface area contributed by atoms with Gasteiger partial charge in [-0.25, -0.2) is 4.98 Å². The number of anilines is 1. The van der Waals surface area contributed by atoms with Crippen LogP contribution in [0.15, 0.2) is 53.8 Å². The molecule has 1 saturated carbocycles. The van der Waals surface area contributed by atoms with Crippen molar-refractivity contribution in [2.75, 3.05) is 51.6 Å². The average molecular weight is 573 g/mol. The highest BCUT2D eigenvalue weighted by Crippen LogP contribution is 2.36. The fraction of sp³-hybridized carbons (Fsp3) is 0.531. The van der Waals surface area contributed by atoms with E-state index in [9.17, 15) is 5.11 Å². The summed E-state index contributed by atoms with van der Waals surface area (Å²) in [5.74, 6) is 1.46. The first-order chi connectivity index (χ1) is 20.5. The summed E-state index contributed by atoms with van der Waals surface area (Å²) in [5, 5.41) is 25.8. The van der Waals surface area contributed by atoms with Crippen molar-refractivity contribution in [1.82, 2.24) is 29.6 Å². The van der Waals surface area contributed by atoms with Crippen LogP contribution in [-0.4, -0.2) is 99.2 Å². The molecule has 224 valence electrons. The number of aliphatic hydroxyl groups is 1. The monoisotopic (exact) mass is 572 g/mol. The van der Waals surface area contributed by atoms with E-state index in [4.69, 9.17) is 14.8 Å². The van der Waals surface area contributed by atoms with Gasteiger partial charge in [0.2, 0.25) is 5.90 Å². The molecule has 0 amide bonds. The highest BCUT2D eigenvalue weighted by Gasteiger charge is 2.28. The number of aromatic nitrogens is 3. The lowest BCUT2D eigenvalue weighted by Crippen LogP contribution is -2.43. The van der Waals surface area contributed by atoms with Gasteiger partial charge < -0.3 is 20.1 Å². The van der Waals surface area contributed by atoms with E-state index in [0.717, 1.165) is 92.9 Å². The standard InChI is InChI=1S/C32H44N8O2/c1-4-33-29-20-28-27(21-34-29)32(24-8-6-23(7-9-24)22-38-18-16-37(3)17-19-38)36-40(28)25-10-12-26(13-11-25)42-30-14-15-31(41)39(5-2)35-30/h6-9,14-15,20-21,25-26,31,41H,4-5,10-13,16-19,22H2,1-3H3,(H,33,34)/t25-,26+,31?. The Morgan fingerprint density at radius 2 is 1.79 bits per heavy atom. The largest absolute Gasteiger partial charge is 0.473 e. The third-order valence-electron chi connectivity index (χ3n) is 8.72. The number of benzene rings is 1. The van der Waals surface area contributed by atoms with Gasteiger partial charge in [-0.2, -0.15) is 5.10 Å². The van der Waals surface area contributed by atoms with Crippen LogP contribution in [0.4, 0.5) is 5.82 Å². The fourth-order valence-corrected chi connectivity index (χ4v) is 6.22. The predicted octanol–water partition coefficient (Wildman–Crippen LogP) is 4.30. The second-order valence-corrected chi connectivity index (χ2v) is 11.7. The lowest BCUT2D eigenvalue weighted by atomic mass is 9.93. The molecule has 10 heteroatoms. The number of nitrogens with one attached hydrogen (secondary N) is 1. The van der Waals surface area contributed by atoms with E-state index in [1.54, 1.807) is 17.2 Å². The SMILES string of the molecule is CCNc1cc2c(cn1)c(-c1ccc(CN3CCN(C)CC3)cc1)nn2[C@H]1CC[C@@H](OC2=NN(CC)C(O)C=C2)CC1. The van der Waals surface area contributed by atoms with Crippen molar-refractivity contribution in [3.63, 3.8) is 0 Å². The molecule has 42 heavy (non-hydrogen) atoms. The molecule has 3 aliphatic rings. The second kappa shape index (κ2) is 12.8. The van der Waals surface area contributed by atoms with E-state index in [-0.39, 0.29) is 12.1 Å². The smallest absolute Gasteiger partial charge is 0.230 e. The molecule has 10 nitrogen and oxygen atoms in total. The molecule has 2 aliphatic heterocycles. The Hall–Kier alpha value is -3.47. The molecular formula is C32H44N8O2. The Labute approximate surface area is 248 Å². The molecule has 1 atom stereocenters. The van der Waals surface area contributed by atoms with Gasteiger partial charge in [-0.05, 0) is 58.2 Å². The molecule has 3 aromatic rings. The van der Waals surface area contributed by atoms with Crippen molar-refractivity contribution in [2.24, 2.45) is 5.10 Å². The number of pyridine rings is 1. The van der Waals surface area contributed by atoms with Crippen molar-refractivity contribution in [1.29, 1.82) is 0 Å². The van der Waals surface area contributed by atoms with Crippen LogP contribution in [0.3, 0.4) is 0 Å². The molecule has 2 fully saturated rings. The normalized spacial score (nSPS) is 23.8. The summed E-state index contributed by atoms with van der Waals surface area (Å²) >= 11 is 0. The predicted molar refractivity (Wildman–Crippen MR) is 167 cm³/mol. The van der Waals surface area contributed by atoms with Crippen molar-refractivity contribution < 1.29 is 9.84 Å². The molecular weight excluding hydrogens is 528 g/mol. The minimum absolute atomic E-state index is 0.103. The van der Waals surface area contributed by atoms with Crippen LogP contribution in [0.5, 0.6) is 0 Å². The first-order valence-corrected chi connectivity index (χ1v) is 15.5. The van der Waals surface area contributed by atoms with Gasteiger partial charge in [0, 0.05) is 75.1 Å². The number of rotatable bonds is 8. The highest BCUT2D eigenvalue weighted by molar-refractivity contribution is 5.94. The summed E-state index contributed by atoms with van der Waals surface area (Å²) in [7, 11) is 2.20. The maximum atomic E-state index is 10.0. The third kappa shape index (κ3) is 6.30. The zero-order valence-corrected chi connectivity index (χ0v) is 25.1. The second-order valence-electron chi connectivity index (χ2n) is 11.7. The number of hydrogen-bond acceptors (Lipinski definition) is 9. The fourth-order valence-electron chi connectivity index (χ4n) is 6.22. The van der Waals surface area contributed by atoms with Crippen molar-refractivity contribution in [2.45, 2.75) is 64.4 Å². The summed E-state index contributed by atoms with van der Waals surface area (Å²) in [6.45, 7) is 11.0. The van der Waals surface area contributed by atoms with E-state index in [2.05, 4.69) is 69.2 Å². The molecule has 1 unspecified atom stereocenters. The summed E-state index contributed by atoms with van der Waals surface area (Å²) in [4.78, 5) is 9.63. The van der Waals surface area contributed by atoms with Crippen LogP contribution in [0.2, 0.25) is 0 Å². The van der Waals surface area contributed by atoms with Crippen LogP contribution >= 0.6 is 0 Å². The van der Waals surface area contributed by atoms with Gasteiger partial charge in [0.1, 0.15) is 17.6 Å². The lowest BCUT2D eigenvalue weighted by molar-refractivity contribution is 0.0377. The summed E-state index contributed by atoms with van der Waals surface area (Å²) < 4.78 is 8.47.